The zero-order valence-corrected chi connectivity index (χ0v) is 9.46. The van der Waals surface area contributed by atoms with Crippen molar-refractivity contribution in [2.24, 2.45) is 9.98 Å². The van der Waals surface area contributed by atoms with E-state index in [2.05, 4.69) is 23.1 Å². The Labute approximate surface area is 86.5 Å². The quantitative estimate of drug-likeness (QED) is 0.606. The van der Waals surface area contributed by atoms with Crippen LogP contribution < -0.4 is 0 Å². The van der Waals surface area contributed by atoms with Gasteiger partial charge in [-0.15, -0.1) is 0 Å². The summed E-state index contributed by atoms with van der Waals surface area (Å²) in [6, 6.07) is 0. The second-order valence-corrected chi connectivity index (χ2v) is 3.39. The highest BCUT2D eigenvalue weighted by molar-refractivity contribution is 5.93. The monoisotopic (exact) mass is 190 g/mol. The van der Waals surface area contributed by atoms with Gasteiger partial charge in [0.1, 0.15) is 0 Å². The lowest BCUT2D eigenvalue weighted by Crippen LogP contribution is -1.88. The highest BCUT2D eigenvalue weighted by atomic mass is 15.0. The summed E-state index contributed by atoms with van der Waals surface area (Å²) in [5.74, 6) is 0.727. The minimum atomic E-state index is 0.727. The third-order valence-electron chi connectivity index (χ3n) is 1.43. The van der Waals surface area contributed by atoms with Crippen molar-refractivity contribution in [1.29, 1.82) is 0 Å². The molecule has 0 rings (SSSR count). The van der Waals surface area contributed by atoms with Crippen LogP contribution in [0.25, 0.3) is 0 Å². The van der Waals surface area contributed by atoms with Crippen molar-refractivity contribution < 1.29 is 0 Å². The molecule has 0 radical (unpaired) electrons. The Kier molecular flexibility index (Phi) is 5.46. The molecule has 0 heterocycles. The van der Waals surface area contributed by atoms with E-state index < -0.39 is 0 Å². The third kappa shape index (κ3) is 5.25. The molecule has 0 spiro atoms. The summed E-state index contributed by atoms with van der Waals surface area (Å²) in [4.78, 5) is 8.54. The van der Waals surface area contributed by atoms with Gasteiger partial charge in [0.15, 0.2) is 5.82 Å². The number of aliphatic imine (C=N–C) groups is 2. The fourth-order valence-electron chi connectivity index (χ4n) is 0.654. The Morgan fingerprint density at radius 2 is 1.71 bits per heavy atom. The van der Waals surface area contributed by atoms with Gasteiger partial charge in [-0.05, 0) is 44.9 Å². The molecule has 0 N–H and O–H groups in total. The number of rotatable bonds is 4. The van der Waals surface area contributed by atoms with Crippen LogP contribution in [0.2, 0.25) is 0 Å². The van der Waals surface area contributed by atoms with E-state index in [4.69, 9.17) is 0 Å². The van der Waals surface area contributed by atoms with Crippen molar-refractivity contribution in [3.63, 3.8) is 0 Å². The summed E-state index contributed by atoms with van der Waals surface area (Å²) in [6.45, 7) is 15.1. The Bertz CT molecular complexity index is 313. The molecule has 0 bridgehead atoms. The molecule has 0 atom stereocenters. The van der Waals surface area contributed by atoms with Crippen LogP contribution in [0, 0.1) is 0 Å². The Hall–Kier alpha value is -1.44. The summed E-state index contributed by atoms with van der Waals surface area (Å²) < 4.78 is 0. The smallest absolute Gasteiger partial charge is 0.150 e. The van der Waals surface area contributed by atoms with Crippen LogP contribution in [-0.4, -0.2) is 11.9 Å². The third-order valence-corrected chi connectivity index (χ3v) is 1.43. The fraction of sp³-hybridized carbons (Fsp3) is 0.333. The molecule has 0 aromatic heterocycles. The van der Waals surface area contributed by atoms with E-state index in [0.29, 0.717) is 0 Å². The second kappa shape index (κ2) is 6.08. The first-order valence-electron chi connectivity index (χ1n) is 4.52. The van der Waals surface area contributed by atoms with Crippen LogP contribution in [0.5, 0.6) is 0 Å². The van der Waals surface area contributed by atoms with Gasteiger partial charge in [0.05, 0.1) is 0 Å². The normalized spacial score (nSPS) is 11.6. The first kappa shape index (κ1) is 12.6. The summed E-state index contributed by atoms with van der Waals surface area (Å²) in [5, 5.41) is 0. The zero-order chi connectivity index (χ0) is 11.1. The van der Waals surface area contributed by atoms with Gasteiger partial charge in [-0.1, -0.05) is 13.2 Å². The zero-order valence-electron chi connectivity index (χ0n) is 9.46. The van der Waals surface area contributed by atoms with Crippen molar-refractivity contribution in [1.82, 2.24) is 0 Å². The maximum Gasteiger partial charge on any atom is 0.150 e. The lowest BCUT2D eigenvalue weighted by Gasteiger charge is -1.98. The molecule has 0 aliphatic heterocycles. The maximum absolute atomic E-state index is 4.31. The predicted molar refractivity (Wildman–Crippen MR) is 65.0 cm³/mol. The van der Waals surface area contributed by atoms with E-state index >= 15 is 0 Å². The molecule has 0 unspecified atom stereocenters. The molecule has 0 aliphatic rings. The minimum Gasteiger partial charge on any atom is -0.237 e. The molecule has 0 saturated heterocycles. The van der Waals surface area contributed by atoms with E-state index in [1.807, 2.05) is 27.7 Å². The van der Waals surface area contributed by atoms with Gasteiger partial charge in [0.2, 0.25) is 0 Å². The molecule has 2 nitrogen and oxygen atoms in total. The van der Waals surface area contributed by atoms with Crippen LogP contribution in [0.1, 0.15) is 27.7 Å². The lowest BCUT2D eigenvalue weighted by molar-refractivity contribution is 1.15. The van der Waals surface area contributed by atoms with Crippen LogP contribution in [-0.2, 0) is 0 Å². The summed E-state index contributed by atoms with van der Waals surface area (Å²) in [6.07, 6.45) is 3.42. The van der Waals surface area contributed by atoms with E-state index in [-0.39, 0.29) is 0 Å². The summed E-state index contributed by atoms with van der Waals surface area (Å²) in [7, 11) is 0. The largest absolute Gasteiger partial charge is 0.237 e. The molecule has 0 fully saturated rings. The molecular weight excluding hydrogens is 172 g/mol. The Morgan fingerprint density at radius 1 is 1.14 bits per heavy atom. The molecule has 14 heavy (non-hydrogen) atoms. The highest BCUT2D eigenvalue weighted by Gasteiger charge is 1.93. The van der Waals surface area contributed by atoms with Gasteiger partial charge in [-0.2, -0.15) is 0 Å². The van der Waals surface area contributed by atoms with E-state index in [9.17, 15) is 0 Å². The van der Waals surface area contributed by atoms with Crippen LogP contribution in [0.4, 0.5) is 0 Å². The molecule has 76 valence electrons. The summed E-state index contributed by atoms with van der Waals surface area (Å²) >= 11 is 0. The molecule has 0 aromatic carbocycles. The van der Waals surface area contributed by atoms with Crippen molar-refractivity contribution in [2.45, 2.75) is 27.7 Å². The second-order valence-electron chi connectivity index (χ2n) is 3.39. The average molecular weight is 190 g/mol. The first-order valence-corrected chi connectivity index (χ1v) is 4.52. The van der Waals surface area contributed by atoms with Gasteiger partial charge in [-0.25, -0.2) is 9.98 Å². The summed E-state index contributed by atoms with van der Waals surface area (Å²) in [5.41, 5.74) is 2.85. The van der Waals surface area contributed by atoms with Gasteiger partial charge in [-0.3, -0.25) is 0 Å². The predicted octanol–water partition coefficient (Wildman–Crippen LogP) is 3.53. The van der Waals surface area contributed by atoms with Gasteiger partial charge < -0.3 is 0 Å². The molecule has 2 heteroatoms. The van der Waals surface area contributed by atoms with Crippen molar-refractivity contribution >= 4 is 11.9 Å². The first-order chi connectivity index (χ1) is 6.47. The van der Waals surface area contributed by atoms with Gasteiger partial charge in [0, 0.05) is 11.9 Å². The molecule has 0 saturated carbocycles. The fourth-order valence-corrected chi connectivity index (χ4v) is 0.654. The molecule has 0 aromatic rings. The van der Waals surface area contributed by atoms with Gasteiger partial charge in [0.25, 0.3) is 0 Å². The van der Waals surface area contributed by atoms with Crippen molar-refractivity contribution in [3.8, 4) is 0 Å². The number of hydrogen-bond donors (Lipinski definition) is 0. The molecular formula is C12H18N2. The van der Waals surface area contributed by atoms with E-state index in [0.717, 1.165) is 22.7 Å². The van der Waals surface area contributed by atoms with Crippen LogP contribution in [0.3, 0.4) is 0 Å². The number of allylic oxidation sites excluding steroid dienone is 3. The lowest BCUT2D eigenvalue weighted by atomic mass is 10.3. The topological polar surface area (TPSA) is 24.7 Å². The van der Waals surface area contributed by atoms with Gasteiger partial charge >= 0.3 is 0 Å². The van der Waals surface area contributed by atoms with Crippen LogP contribution in [0.15, 0.2) is 46.2 Å². The van der Waals surface area contributed by atoms with Crippen molar-refractivity contribution in [3.05, 3.63) is 36.2 Å². The molecule has 0 aliphatic carbocycles. The maximum atomic E-state index is 4.31. The van der Waals surface area contributed by atoms with E-state index in [1.54, 1.807) is 12.3 Å². The average Bonchev–Trinajstić information content (AvgIpc) is 2.10. The van der Waals surface area contributed by atoms with E-state index in [1.165, 1.54) is 0 Å². The number of hydrogen-bond acceptors (Lipinski definition) is 2. The standard InChI is InChI=1S/C12H18N2/c1-7-11(6)14-12(10(4)5)13-8-9(2)3/h7-8H,1-2H2,3-6H3. The Morgan fingerprint density at radius 3 is 2.07 bits per heavy atom. The van der Waals surface area contributed by atoms with Crippen LogP contribution >= 0.6 is 0 Å². The Balaban J connectivity index is 4.92. The minimum absolute atomic E-state index is 0.727. The molecule has 0 amide bonds. The SMILES string of the molecule is C=CC(C)=NC(N=CC(=C)C)=C(C)C. The van der Waals surface area contributed by atoms with Crippen molar-refractivity contribution in [2.75, 3.05) is 0 Å². The number of nitrogens with zero attached hydrogens (tertiary/aromatic N) is 2. The highest BCUT2D eigenvalue weighted by Crippen LogP contribution is 2.07.